The molecule has 4 rings (SSSR count). The van der Waals surface area contributed by atoms with Gasteiger partial charge in [-0.2, -0.15) is 5.10 Å². The summed E-state index contributed by atoms with van der Waals surface area (Å²) in [5, 5.41) is 7.10. The van der Waals surface area contributed by atoms with Crippen LogP contribution in [0.3, 0.4) is 0 Å². The first-order valence-electron chi connectivity index (χ1n) is 8.27. The van der Waals surface area contributed by atoms with Crippen molar-refractivity contribution >= 4 is 44.8 Å². The topological polar surface area (TPSA) is 110 Å². The molecule has 0 unspecified atom stereocenters. The second-order valence-corrected chi connectivity index (χ2v) is 9.81. The van der Waals surface area contributed by atoms with Gasteiger partial charge in [0.25, 0.3) is 0 Å². The van der Waals surface area contributed by atoms with Crippen LogP contribution in [-0.4, -0.2) is 40.9 Å². The number of nitrogens with one attached hydrogen (secondary N) is 1. The number of carbonyl (C=O) groups excluding carboxylic acids is 2. The van der Waals surface area contributed by atoms with E-state index in [2.05, 4.69) is 15.2 Å². The van der Waals surface area contributed by atoms with E-state index in [9.17, 15) is 18.0 Å². The molecule has 1 N–H and O–H groups in total. The van der Waals surface area contributed by atoms with Gasteiger partial charge in [-0.05, 0) is 37.0 Å². The molecular formula is C17H14ClN3O4S2. The minimum absolute atomic E-state index is 0.0199. The number of hydrogen-bond acceptors (Lipinski definition) is 7. The number of aromatic nitrogens is 3. The number of H-pyrrole nitrogens is 1. The van der Waals surface area contributed by atoms with Gasteiger partial charge in [0.1, 0.15) is 6.33 Å². The maximum Gasteiger partial charge on any atom is 0.198 e. The number of fused-ring (bicyclic) bond motifs is 1. The molecule has 0 amide bonds. The number of allylic oxidation sites excluding steroid dienone is 2. The Bertz CT molecular complexity index is 1090. The molecule has 2 heterocycles. The van der Waals surface area contributed by atoms with Crippen molar-refractivity contribution in [3.8, 4) is 0 Å². The average molecular weight is 424 g/mol. The van der Waals surface area contributed by atoms with Gasteiger partial charge in [-0.25, -0.2) is 13.4 Å². The van der Waals surface area contributed by atoms with Crippen molar-refractivity contribution in [1.29, 1.82) is 0 Å². The zero-order valence-corrected chi connectivity index (χ0v) is 16.4. The van der Waals surface area contributed by atoms with Gasteiger partial charge in [0.15, 0.2) is 26.6 Å². The monoisotopic (exact) mass is 423 g/mol. The van der Waals surface area contributed by atoms with Crippen molar-refractivity contribution in [2.75, 3.05) is 5.75 Å². The predicted octanol–water partition coefficient (Wildman–Crippen LogP) is 2.77. The van der Waals surface area contributed by atoms with Crippen LogP contribution < -0.4 is 0 Å². The second-order valence-electron chi connectivity index (χ2n) is 6.27. The molecule has 0 fully saturated rings. The van der Waals surface area contributed by atoms with Gasteiger partial charge >= 0.3 is 0 Å². The molecule has 1 aromatic carbocycles. The van der Waals surface area contributed by atoms with Crippen LogP contribution in [0.4, 0.5) is 0 Å². The molecule has 1 aliphatic carbocycles. The number of thioether (sulfide) groups is 1. The zero-order valence-electron chi connectivity index (χ0n) is 14.0. The summed E-state index contributed by atoms with van der Waals surface area (Å²) in [6, 6.07) is 2.81. The van der Waals surface area contributed by atoms with Gasteiger partial charge in [-0.1, -0.05) is 23.4 Å². The number of hydrogen-bond donors (Lipinski definition) is 1. The molecule has 0 atom stereocenters. The van der Waals surface area contributed by atoms with Gasteiger partial charge in [0, 0.05) is 16.9 Å². The number of sulfone groups is 1. The summed E-state index contributed by atoms with van der Waals surface area (Å²) in [6.07, 6.45) is 3.15. The number of benzene rings is 1. The third kappa shape index (κ3) is 3.24. The Morgan fingerprint density at radius 3 is 2.78 bits per heavy atom. The summed E-state index contributed by atoms with van der Waals surface area (Å²) in [6.45, 7) is 0. The Hall–Kier alpha value is -1.97. The minimum atomic E-state index is -3.35. The fourth-order valence-electron chi connectivity index (χ4n) is 3.31. The number of nitrogens with zero attached hydrogens (tertiary/aromatic N) is 2. The highest BCUT2D eigenvalue weighted by Crippen LogP contribution is 2.39. The van der Waals surface area contributed by atoms with E-state index in [4.69, 9.17) is 11.6 Å². The van der Waals surface area contributed by atoms with Gasteiger partial charge in [0.2, 0.25) is 0 Å². The standard InChI is InChI=1S/C17H14ClN3O4S2/c18-15-9-6-7-27(24,25)13(9)5-4-10(15)16(23)14-11(22)2-1-3-12(14)26-17-19-8-20-21-17/h4-5,8H,1-3,6-7H2,(H,19,20,21). The second kappa shape index (κ2) is 6.88. The summed E-state index contributed by atoms with van der Waals surface area (Å²) in [7, 11) is -3.35. The van der Waals surface area contributed by atoms with Crippen LogP contribution in [0.25, 0.3) is 0 Å². The number of aromatic amines is 1. The van der Waals surface area contributed by atoms with Gasteiger partial charge in [-0.3, -0.25) is 14.7 Å². The van der Waals surface area contributed by atoms with E-state index in [0.29, 0.717) is 34.9 Å². The summed E-state index contributed by atoms with van der Waals surface area (Å²) >= 11 is 7.59. The number of halogens is 1. The van der Waals surface area contributed by atoms with Crippen LogP contribution in [0.2, 0.25) is 5.02 Å². The van der Waals surface area contributed by atoms with E-state index in [0.717, 1.165) is 0 Å². The SMILES string of the molecule is O=C1CCCC(Sc2ncn[nH]2)=C1C(=O)c1ccc2c(c1Cl)CCS2(=O)=O. The lowest BCUT2D eigenvalue weighted by Gasteiger charge is -2.18. The van der Waals surface area contributed by atoms with Crippen LogP contribution in [0.5, 0.6) is 0 Å². The lowest BCUT2D eigenvalue weighted by Crippen LogP contribution is -2.19. The molecule has 7 nitrogen and oxygen atoms in total. The predicted molar refractivity (Wildman–Crippen MR) is 99.7 cm³/mol. The van der Waals surface area contributed by atoms with Crippen molar-refractivity contribution in [3.63, 3.8) is 0 Å². The molecule has 0 bridgehead atoms. The van der Waals surface area contributed by atoms with E-state index in [1.54, 1.807) is 0 Å². The summed E-state index contributed by atoms with van der Waals surface area (Å²) in [5.74, 6) is -0.732. The highest BCUT2D eigenvalue weighted by atomic mass is 35.5. The van der Waals surface area contributed by atoms with Crippen molar-refractivity contribution in [3.05, 3.63) is 45.1 Å². The maximum atomic E-state index is 13.2. The molecule has 2 aromatic rings. The summed E-state index contributed by atoms with van der Waals surface area (Å²) in [4.78, 5) is 30.5. The highest BCUT2D eigenvalue weighted by Gasteiger charge is 2.33. The van der Waals surface area contributed by atoms with Gasteiger partial charge in [-0.15, -0.1) is 0 Å². The van der Waals surface area contributed by atoms with Crippen molar-refractivity contribution in [2.45, 2.75) is 35.7 Å². The first kappa shape index (κ1) is 18.4. The normalized spacial score (nSPS) is 18.6. The smallest absolute Gasteiger partial charge is 0.198 e. The van der Waals surface area contributed by atoms with Gasteiger partial charge < -0.3 is 0 Å². The molecule has 27 heavy (non-hydrogen) atoms. The zero-order chi connectivity index (χ0) is 19.2. The molecule has 10 heteroatoms. The number of ketones is 2. The van der Waals surface area contributed by atoms with E-state index in [-0.39, 0.29) is 39.0 Å². The molecule has 0 radical (unpaired) electrons. The van der Waals surface area contributed by atoms with Crippen LogP contribution in [0.1, 0.15) is 35.2 Å². The lowest BCUT2D eigenvalue weighted by molar-refractivity contribution is -0.115. The number of rotatable bonds is 4. The Kier molecular flexibility index (Phi) is 4.69. The van der Waals surface area contributed by atoms with E-state index in [1.807, 2.05) is 0 Å². The third-order valence-electron chi connectivity index (χ3n) is 4.61. The average Bonchev–Trinajstić information content (AvgIpc) is 3.23. The van der Waals surface area contributed by atoms with Crippen LogP contribution >= 0.6 is 23.4 Å². The maximum absolute atomic E-state index is 13.2. The highest BCUT2D eigenvalue weighted by molar-refractivity contribution is 8.03. The fourth-order valence-corrected chi connectivity index (χ4v) is 6.25. The molecule has 140 valence electrons. The number of carbonyl (C=O) groups is 2. The Labute approximate surface area is 164 Å². The van der Waals surface area contributed by atoms with Gasteiger partial charge in [0.05, 0.1) is 21.2 Å². The van der Waals surface area contributed by atoms with E-state index in [1.165, 1.54) is 30.2 Å². The summed E-state index contributed by atoms with van der Waals surface area (Å²) in [5.41, 5.74) is 0.717. The Morgan fingerprint density at radius 2 is 2.04 bits per heavy atom. The lowest BCUT2D eigenvalue weighted by atomic mass is 9.91. The van der Waals surface area contributed by atoms with Crippen molar-refractivity contribution in [2.24, 2.45) is 0 Å². The first-order valence-corrected chi connectivity index (χ1v) is 11.1. The molecule has 2 aliphatic rings. The van der Waals surface area contributed by atoms with E-state index >= 15 is 0 Å². The largest absolute Gasteiger partial charge is 0.294 e. The first-order chi connectivity index (χ1) is 12.9. The Balaban J connectivity index is 1.78. The van der Waals surface area contributed by atoms with Crippen LogP contribution in [0, 0.1) is 0 Å². The number of Topliss-reactive ketones (excluding diaryl/α,β-unsaturated/α-hetero) is 2. The van der Waals surface area contributed by atoms with Crippen molar-refractivity contribution in [1.82, 2.24) is 15.2 Å². The molecule has 0 spiro atoms. The Morgan fingerprint density at radius 1 is 1.22 bits per heavy atom. The molecule has 1 aliphatic heterocycles. The molecule has 1 aromatic heterocycles. The minimum Gasteiger partial charge on any atom is -0.294 e. The molecule has 0 saturated carbocycles. The fraction of sp³-hybridized carbons (Fsp3) is 0.294. The summed E-state index contributed by atoms with van der Waals surface area (Å²) < 4.78 is 24.1. The van der Waals surface area contributed by atoms with Crippen molar-refractivity contribution < 1.29 is 18.0 Å². The van der Waals surface area contributed by atoms with E-state index < -0.39 is 15.6 Å². The third-order valence-corrected chi connectivity index (χ3v) is 7.88. The quantitative estimate of drug-likeness (QED) is 0.594. The molecular weight excluding hydrogens is 410 g/mol. The van der Waals surface area contributed by atoms with Crippen LogP contribution in [-0.2, 0) is 21.1 Å². The van der Waals surface area contributed by atoms with Crippen LogP contribution in [0.15, 0.2) is 39.0 Å². The molecule has 0 saturated heterocycles.